The van der Waals surface area contributed by atoms with Gasteiger partial charge in [0.1, 0.15) is 0 Å². The third-order valence-electron chi connectivity index (χ3n) is 5.53. The molecule has 118 valence electrons. The standard InChI is InChI=1S/C17H34N2O/c1-17(2,19-10-6-4-5-7-11-19)16(18-3)14-15-8-12-20-13-9-15/h15-16,18H,4-14H2,1-3H3. The monoisotopic (exact) mass is 282 g/mol. The number of hydrogen-bond acceptors (Lipinski definition) is 3. The lowest BCUT2D eigenvalue weighted by Crippen LogP contribution is -2.58. The van der Waals surface area contributed by atoms with Gasteiger partial charge in [0.15, 0.2) is 0 Å². The highest BCUT2D eigenvalue weighted by Crippen LogP contribution is 2.29. The Morgan fingerprint density at radius 3 is 2.25 bits per heavy atom. The minimum absolute atomic E-state index is 0.261. The van der Waals surface area contributed by atoms with Gasteiger partial charge in [0.05, 0.1) is 0 Å². The van der Waals surface area contributed by atoms with Crippen LogP contribution in [-0.4, -0.2) is 49.8 Å². The molecule has 1 atom stereocenters. The van der Waals surface area contributed by atoms with E-state index in [9.17, 15) is 0 Å². The summed E-state index contributed by atoms with van der Waals surface area (Å²) in [5.74, 6) is 0.840. The van der Waals surface area contributed by atoms with Crippen LogP contribution < -0.4 is 5.32 Å². The number of nitrogens with one attached hydrogen (secondary N) is 1. The van der Waals surface area contributed by atoms with E-state index in [4.69, 9.17) is 4.74 Å². The fraction of sp³-hybridized carbons (Fsp3) is 1.00. The predicted molar refractivity (Wildman–Crippen MR) is 85.1 cm³/mol. The van der Waals surface area contributed by atoms with Crippen LogP contribution in [0, 0.1) is 5.92 Å². The molecule has 0 saturated carbocycles. The molecular formula is C17H34N2O. The Kier molecular flexibility index (Phi) is 6.31. The molecule has 0 aromatic heterocycles. The maximum absolute atomic E-state index is 5.50. The van der Waals surface area contributed by atoms with E-state index in [1.54, 1.807) is 0 Å². The molecule has 20 heavy (non-hydrogen) atoms. The number of nitrogens with zero attached hydrogens (tertiary/aromatic N) is 1. The summed E-state index contributed by atoms with van der Waals surface area (Å²) in [6, 6.07) is 0.587. The van der Waals surface area contributed by atoms with E-state index in [0.717, 1.165) is 19.1 Å². The van der Waals surface area contributed by atoms with E-state index in [1.807, 2.05) is 0 Å². The van der Waals surface area contributed by atoms with Gasteiger partial charge < -0.3 is 10.1 Å². The summed E-state index contributed by atoms with van der Waals surface area (Å²) in [5, 5.41) is 3.62. The molecule has 2 fully saturated rings. The summed E-state index contributed by atoms with van der Waals surface area (Å²) >= 11 is 0. The molecule has 2 aliphatic heterocycles. The molecule has 0 radical (unpaired) electrons. The maximum Gasteiger partial charge on any atom is 0.0468 e. The first-order chi connectivity index (χ1) is 9.64. The first kappa shape index (κ1) is 16.3. The van der Waals surface area contributed by atoms with Gasteiger partial charge in [-0.3, -0.25) is 4.90 Å². The van der Waals surface area contributed by atoms with Crippen molar-refractivity contribution in [2.75, 3.05) is 33.4 Å². The second-order valence-corrected chi connectivity index (χ2v) is 7.19. The molecule has 3 heteroatoms. The molecule has 1 N–H and O–H groups in total. The zero-order chi connectivity index (χ0) is 14.4. The lowest BCUT2D eigenvalue weighted by Gasteiger charge is -2.45. The summed E-state index contributed by atoms with van der Waals surface area (Å²) in [6.45, 7) is 9.37. The van der Waals surface area contributed by atoms with Crippen LogP contribution in [-0.2, 0) is 4.74 Å². The van der Waals surface area contributed by atoms with Crippen molar-refractivity contribution in [3.63, 3.8) is 0 Å². The fourth-order valence-corrected chi connectivity index (χ4v) is 3.94. The molecule has 0 bridgehead atoms. The summed E-state index contributed by atoms with van der Waals surface area (Å²) in [6.07, 6.45) is 9.35. The Labute approximate surface area is 125 Å². The topological polar surface area (TPSA) is 24.5 Å². The minimum atomic E-state index is 0.261. The Bertz CT molecular complexity index is 266. The van der Waals surface area contributed by atoms with E-state index >= 15 is 0 Å². The molecule has 0 spiro atoms. The fourth-order valence-electron chi connectivity index (χ4n) is 3.94. The lowest BCUT2D eigenvalue weighted by atomic mass is 9.82. The van der Waals surface area contributed by atoms with Crippen LogP contribution in [0.15, 0.2) is 0 Å². The van der Waals surface area contributed by atoms with Gasteiger partial charge in [-0.2, -0.15) is 0 Å². The number of rotatable bonds is 5. The van der Waals surface area contributed by atoms with E-state index in [-0.39, 0.29) is 5.54 Å². The summed E-state index contributed by atoms with van der Waals surface area (Å²) in [7, 11) is 2.14. The van der Waals surface area contributed by atoms with Crippen molar-refractivity contribution >= 4 is 0 Å². The molecule has 0 aromatic carbocycles. The highest BCUT2D eigenvalue weighted by atomic mass is 16.5. The second-order valence-electron chi connectivity index (χ2n) is 7.19. The van der Waals surface area contributed by atoms with Crippen LogP contribution in [0.3, 0.4) is 0 Å². The van der Waals surface area contributed by atoms with E-state index < -0.39 is 0 Å². The normalized spacial score (nSPS) is 25.4. The van der Waals surface area contributed by atoms with E-state index in [2.05, 4.69) is 31.1 Å². The van der Waals surface area contributed by atoms with Crippen LogP contribution in [0.2, 0.25) is 0 Å². The largest absolute Gasteiger partial charge is 0.381 e. The smallest absolute Gasteiger partial charge is 0.0468 e. The van der Waals surface area contributed by atoms with Gasteiger partial charge in [-0.25, -0.2) is 0 Å². The van der Waals surface area contributed by atoms with Crippen molar-refractivity contribution in [1.29, 1.82) is 0 Å². The number of likely N-dealkylation sites (tertiary alicyclic amines) is 1. The molecule has 2 heterocycles. The van der Waals surface area contributed by atoms with Crippen LogP contribution >= 0.6 is 0 Å². The van der Waals surface area contributed by atoms with E-state index in [0.29, 0.717) is 6.04 Å². The van der Waals surface area contributed by atoms with Crippen molar-refractivity contribution in [3.05, 3.63) is 0 Å². The van der Waals surface area contributed by atoms with Crippen molar-refractivity contribution in [2.45, 2.75) is 70.4 Å². The van der Waals surface area contributed by atoms with Gasteiger partial charge in [0, 0.05) is 24.8 Å². The first-order valence-electron chi connectivity index (χ1n) is 8.64. The zero-order valence-corrected chi connectivity index (χ0v) is 13.8. The van der Waals surface area contributed by atoms with Gasteiger partial charge in [-0.15, -0.1) is 0 Å². The molecule has 0 aromatic rings. The first-order valence-corrected chi connectivity index (χ1v) is 8.64. The quantitative estimate of drug-likeness (QED) is 0.839. The van der Waals surface area contributed by atoms with Crippen LogP contribution in [0.4, 0.5) is 0 Å². The Balaban J connectivity index is 1.95. The van der Waals surface area contributed by atoms with Crippen molar-refractivity contribution in [2.24, 2.45) is 5.92 Å². The zero-order valence-electron chi connectivity index (χ0n) is 13.8. The van der Waals surface area contributed by atoms with Crippen molar-refractivity contribution in [3.8, 4) is 0 Å². The highest BCUT2D eigenvalue weighted by Gasteiger charge is 2.36. The van der Waals surface area contributed by atoms with Crippen LogP contribution in [0.1, 0.15) is 58.8 Å². The van der Waals surface area contributed by atoms with Crippen molar-refractivity contribution < 1.29 is 4.74 Å². The van der Waals surface area contributed by atoms with Gasteiger partial charge >= 0.3 is 0 Å². The number of ether oxygens (including phenoxy) is 1. The summed E-state index contributed by atoms with van der Waals surface area (Å²) in [5.41, 5.74) is 0.261. The van der Waals surface area contributed by atoms with Gasteiger partial charge in [0.2, 0.25) is 0 Å². The maximum atomic E-state index is 5.50. The van der Waals surface area contributed by atoms with Gasteiger partial charge in [-0.05, 0) is 72.0 Å². The molecule has 3 nitrogen and oxygen atoms in total. The molecule has 0 amide bonds. The molecule has 2 aliphatic rings. The number of likely N-dealkylation sites (N-methyl/N-ethyl adjacent to an activating group) is 1. The molecule has 2 rings (SSSR count). The van der Waals surface area contributed by atoms with Gasteiger partial charge in [0.25, 0.3) is 0 Å². The average Bonchev–Trinajstić information content (AvgIpc) is 2.75. The Morgan fingerprint density at radius 2 is 1.70 bits per heavy atom. The molecule has 1 unspecified atom stereocenters. The number of hydrogen-bond donors (Lipinski definition) is 1. The lowest BCUT2D eigenvalue weighted by molar-refractivity contribution is 0.0383. The highest BCUT2D eigenvalue weighted by molar-refractivity contribution is 4.94. The minimum Gasteiger partial charge on any atom is -0.381 e. The third kappa shape index (κ3) is 4.19. The average molecular weight is 282 g/mol. The predicted octanol–water partition coefficient (Wildman–Crippen LogP) is 3.05. The summed E-state index contributed by atoms with van der Waals surface area (Å²) < 4.78 is 5.50. The molecule has 2 saturated heterocycles. The molecular weight excluding hydrogens is 248 g/mol. The Hall–Kier alpha value is -0.120. The second kappa shape index (κ2) is 7.77. The van der Waals surface area contributed by atoms with Gasteiger partial charge in [-0.1, -0.05) is 12.8 Å². The van der Waals surface area contributed by atoms with E-state index in [1.165, 1.54) is 58.0 Å². The van der Waals surface area contributed by atoms with Crippen LogP contribution in [0.5, 0.6) is 0 Å². The summed E-state index contributed by atoms with van der Waals surface area (Å²) in [4.78, 5) is 2.74. The SMILES string of the molecule is CNC(CC1CCOCC1)C(C)(C)N1CCCCCC1. The van der Waals surface area contributed by atoms with Crippen molar-refractivity contribution in [1.82, 2.24) is 10.2 Å². The van der Waals surface area contributed by atoms with Crippen LogP contribution in [0.25, 0.3) is 0 Å². The third-order valence-corrected chi connectivity index (χ3v) is 5.53. The molecule has 0 aliphatic carbocycles. The Morgan fingerprint density at radius 1 is 1.10 bits per heavy atom.